The maximum atomic E-state index is 6.24. The van der Waals surface area contributed by atoms with Gasteiger partial charge >= 0.3 is 0 Å². The van der Waals surface area contributed by atoms with Gasteiger partial charge in [-0.15, -0.1) is 11.3 Å². The lowest BCUT2D eigenvalue weighted by Gasteiger charge is -2.15. The van der Waals surface area contributed by atoms with Gasteiger partial charge in [0.15, 0.2) is 0 Å². The molecule has 2 aromatic heterocycles. The van der Waals surface area contributed by atoms with E-state index < -0.39 is 0 Å². The Hall–Kier alpha value is -1.46. The lowest BCUT2D eigenvalue weighted by Crippen LogP contribution is -2.18. The Balaban J connectivity index is 1.65. The zero-order valence-corrected chi connectivity index (χ0v) is 14.8. The van der Waals surface area contributed by atoms with Crippen LogP contribution in [0.4, 0.5) is 0 Å². The number of nitrogens with zero attached hydrogens (tertiary/aromatic N) is 2. The number of rotatable bonds is 5. The number of hydrogen-bond acceptors (Lipinski definition) is 4. The van der Waals surface area contributed by atoms with Gasteiger partial charge in [-0.25, -0.2) is 4.98 Å². The molecule has 0 aliphatic rings. The molecule has 6 heteroatoms. The van der Waals surface area contributed by atoms with Crippen LogP contribution in [0.15, 0.2) is 48.0 Å². The predicted molar refractivity (Wildman–Crippen MR) is 97.1 cm³/mol. The summed E-state index contributed by atoms with van der Waals surface area (Å²) >= 11 is 13.8. The first-order valence-electron chi connectivity index (χ1n) is 7.17. The molecule has 3 aromatic rings. The summed E-state index contributed by atoms with van der Waals surface area (Å²) in [6.45, 7) is 2.74. The van der Waals surface area contributed by atoms with Gasteiger partial charge in [-0.3, -0.25) is 4.98 Å². The second kappa shape index (κ2) is 7.41. The normalized spacial score (nSPS) is 12.3. The van der Waals surface area contributed by atoms with E-state index in [2.05, 4.69) is 22.2 Å². The summed E-state index contributed by atoms with van der Waals surface area (Å²) in [6, 6.07) is 11.5. The van der Waals surface area contributed by atoms with Gasteiger partial charge in [0.2, 0.25) is 0 Å². The Kier molecular flexibility index (Phi) is 5.28. The van der Waals surface area contributed by atoms with E-state index in [1.165, 1.54) is 0 Å². The van der Waals surface area contributed by atoms with Gasteiger partial charge in [-0.2, -0.15) is 0 Å². The van der Waals surface area contributed by atoms with Crippen LogP contribution in [0.3, 0.4) is 0 Å². The minimum atomic E-state index is 0.111. The summed E-state index contributed by atoms with van der Waals surface area (Å²) in [5, 5.41) is 7.73. The molecule has 0 saturated heterocycles. The van der Waals surface area contributed by atoms with Crippen LogP contribution in [0.1, 0.15) is 24.2 Å². The Morgan fingerprint density at radius 3 is 2.83 bits per heavy atom. The van der Waals surface area contributed by atoms with Crippen LogP contribution in [0.2, 0.25) is 10.0 Å². The summed E-state index contributed by atoms with van der Waals surface area (Å²) in [4.78, 5) is 8.94. The monoisotopic (exact) mass is 363 g/mol. The minimum Gasteiger partial charge on any atom is -0.304 e. The molecule has 0 bridgehead atoms. The Morgan fingerprint density at radius 2 is 2.09 bits per heavy atom. The lowest BCUT2D eigenvalue weighted by atomic mass is 10.1. The molecule has 0 spiro atoms. The number of benzene rings is 1. The molecule has 0 radical (unpaired) electrons. The maximum absolute atomic E-state index is 6.24. The zero-order chi connectivity index (χ0) is 16.2. The number of thiazole rings is 1. The van der Waals surface area contributed by atoms with E-state index in [9.17, 15) is 0 Å². The van der Waals surface area contributed by atoms with Crippen molar-refractivity contribution < 1.29 is 0 Å². The molecule has 3 rings (SSSR count). The fourth-order valence-corrected chi connectivity index (χ4v) is 3.58. The highest BCUT2D eigenvalue weighted by atomic mass is 35.5. The molecular formula is C17H15Cl2N3S. The Morgan fingerprint density at radius 1 is 1.22 bits per heavy atom. The molecule has 23 heavy (non-hydrogen) atoms. The summed E-state index contributed by atoms with van der Waals surface area (Å²) < 4.78 is 0. The molecule has 0 aliphatic heterocycles. The third-order valence-corrected chi connectivity index (χ3v) is 4.93. The minimum absolute atomic E-state index is 0.111. The average Bonchev–Trinajstić information content (AvgIpc) is 3.02. The van der Waals surface area contributed by atoms with E-state index >= 15 is 0 Å². The van der Waals surface area contributed by atoms with Crippen molar-refractivity contribution in [2.45, 2.75) is 19.5 Å². The summed E-state index contributed by atoms with van der Waals surface area (Å²) in [5.41, 5.74) is 2.92. The molecule has 118 valence electrons. The summed E-state index contributed by atoms with van der Waals surface area (Å²) in [7, 11) is 0. The van der Waals surface area contributed by atoms with Gasteiger partial charge in [0, 0.05) is 34.2 Å². The van der Waals surface area contributed by atoms with Crippen molar-refractivity contribution in [3.63, 3.8) is 0 Å². The topological polar surface area (TPSA) is 37.8 Å². The largest absolute Gasteiger partial charge is 0.304 e. The SMILES string of the molecule is CC(NCc1csc(-c2ccccn2)n1)c1ccc(Cl)cc1Cl. The van der Waals surface area contributed by atoms with Crippen LogP contribution in [0.5, 0.6) is 0 Å². The van der Waals surface area contributed by atoms with Crippen LogP contribution in [-0.4, -0.2) is 9.97 Å². The third kappa shape index (κ3) is 4.09. The fourth-order valence-electron chi connectivity index (χ4n) is 2.22. The van der Waals surface area contributed by atoms with Crippen molar-refractivity contribution in [2.75, 3.05) is 0 Å². The quantitative estimate of drug-likeness (QED) is 0.662. The molecule has 0 fully saturated rings. The molecule has 3 nitrogen and oxygen atoms in total. The lowest BCUT2D eigenvalue weighted by molar-refractivity contribution is 0.569. The smallest absolute Gasteiger partial charge is 0.142 e. The molecule has 1 N–H and O–H groups in total. The Labute approximate surface area is 149 Å². The highest BCUT2D eigenvalue weighted by molar-refractivity contribution is 7.13. The molecular weight excluding hydrogens is 349 g/mol. The van der Waals surface area contributed by atoms with Crippen LogP contribution in [0, 0.1) is 0 Å². The van der Waals surface area contributed by atoms with Crippen LogP contribution >= 0.6 is 34.5 Å². The standard InChI is InChI=1S/C17H15Cl2N3S/c1-11(14-6-5-12(18)8-15(14)19)21-9-13-10-23-17(22-13)16-4-2-3-7-20-16/h2-8,10-11,21H,9H2,1H3. The number of aromatic nitrogens is 2. The molecule has 1 atom stereocenters. The van der Waals surface area contributed by atoms with Crippen molar-refractivity contribution in [2.24, 2.45) is 0 Å². The molecule has 2 heterocycles. The van der Waals surface area contributed by atoms with Crippen molar-refractivity contribution in [3.8, 4) is 10.7 Å². The van der Waals surface area contributed by atoms with Crippen LogP contribution in [0.25, 0.3) is 10.7 Å². The predicted octanol–water partition coefficient (Wildman–Crippen LogP) is 5.36. The van der Waals surface area contributed by atoms with Crippen LogP contribution < -0.4 is 5.32 Å². The molecule has 1 unspecified atom stereocenters. The van der Waals surface area contributed by atoms with E-state index in [1.54, 1.807) is 23.6 Å². The first kappa shape index (κ1) is 16.4. The van der Waals surface area contributed by atoms with E-state index in [0.29, 0.717) is 16.6 Å². The summed E-state index contributed by atoms with van der Waals surface area (Å²) in [5.74, 6) is 0. The van der Waals surface area contributed by atoms with Crippen molar-refractivity contribution >= 4 is 34.5 Å². The van der Waals surface area contributed by atoms with Crippen LogP contribution in [-0.2, 0) is 6.54 Å². The van der Waals surface area contributed by atoms with Gasteiger partial charge < -0.3 is 5.32 Å². The number of pyridine rings is 1. The first-order valence-corrected chi connectivity index (χ1v) is 8.81. The van der Waals surface area contributed by atoms with E-state index in [4.69, 9.17) is 23.2 Å². The van der Waals surface area contributed by atoms with Gasteiger partial charge in [0.1, 0.15) is 5.01 Å². The highest BCUT2D eigenvalue weighted by Crippen LogP contribution is 2.27. The fraction of sp³-hybridized carbons (Fsp3) is 0.176. The van der Waals surface area contributed by atoms with Gasteiger partial charge in [0.05, 0.1) is 11.4 Å². The van der Waals surface area contributed by atoms with Crippen molar-refractivity contribution in [1.82, 2.24) is 15.3 Å². The molecule has 0 saturated carbocycles. The second-order valence-electron chi connectivity index (χ2n) is 5.13. The van der Waals surface area contributed by atoms with Gasteiger partial charge in [-0.05, 0) is 36.8 Å². The number of hydrogen-bond donors (Lipinski definition) is 1. The Bertz CT molecular complexity index is 790. The van der Waals surface area contributed by atoms with Crippen molar-refractivity contribution in [3.05, 3.63) is 69.3 Å². The first-order chi connectivity index (χ1) is 11.1. The van der Waals surface area contributed by atoms with E-state index in [0.717, 1.165) is 22.0 Å². The van der Waals surface area contributed by atoms with Gasteiger partial charge in [0.25, 0.3) is 0 Å². The molecule has 0 aliphatic carbocycles. The summed E-state index contributed by atoms with van der Waals surface area (Å²) in [6.07, 6.45) is 1.78. The van der Waals surface area contributed by atoms with E-state index in [1.807, 2.05) is 35.7 Å². The molecule has 0 amide bonds. The molecule has 1 aromatic carbocycles. The second-order valence-corrected chi connectivity index (χ2v) is 6.83. The average molecular weight is 364 g/mol. The van der Waals surface area contributed by atoms with Gasteiger partial charge in [-0.1, -0.05) is 35.3 Å². The zero-order valence-electron chi connectivity index (χ0n) is 12.5. The third-order valence-electron chi connectivity index (χ3n) is 3.45. The number of halogens is 2. The maximum Gasteiger partial charge on any atom is 0.142 e. The van der Waals surface area contributed by atoms with E-state index in [-0.39, 0.29) is 6.04 Å². The highest BCUT2D eigenvalue weighted by Gasteiger charge is 2.11. The number of nitrogens with one attached hydrogen (secondary N) is 1. The van der Waals surface area contributed by atoms with Crippen molar-refractivity contribution in [1.29, 1.82) is 0 Å².